The molecule has 0 bridgehead atoms. The van der Waals surface area contributed by atoms with Crippen LogP contribution in [0, 0.1) is 15.9 Å². The third-order valence-electron chi connectivity index (χ3n) is 1.72. The van der Waals surface area contributed by atoms with E-state index in [1.165, 1.54) is 13.2 Å². The zero-order chi connectivity index (χ0) is 10.7. The van der Waals surface area contributed by atoms with Crippen molar-refractivity contribution in [2.24, 2.45) is 0 Å². The Balaban J connectivity index is 3.37. The van der Waals surface area contributed by atoms with Crippen molar-refractivity contribution < 1.29 is 14.1 Å². The summed E-state index contributed by atoms with van der Waals surface area (Å²) >= 11 is 0. The largest absolute Gasteiger partial charge is 0.496 e. The average Bonchev–Trinajstić information content (AvgIpc) is 2.16. The molecule has 0 aromatic heterocycles. The summed E-state index contributed by atoms with van der Waals surface area (Å²) in [7, 11) is 1.35. The summed E-state index contributed by atoms with van der Waals surface area (Å²) in [5.41, 5.74) is -0.219. The van der Waals surface area contributed by atoms with Gasteiger partial charge in [-0.1, -0.05) is 12.7 Å². The van der Waals surface area contributed by atoms with E-state index in [9.17, 15) is 14.5 Å². The highest BCUT2D eigenvalue weighted by atomic mass is 19.1. The van der Waals surface area contributed by atoms with Crippen LogP contribution in [0.5, 0.6) is 5.75 Å². The Morgan fingerprint density at radius 1 is 1.64 bits per heavy atom. The van der Waals surface area contributed by atoms with Gasteiger partial charge in [0.1, 0.15) is 5.75 Å². The van der Waals surface area contributed by atoms with Crippen molar-refractivity contribution in [3.05, 3.63) is 40.2 Å². The van der Waals surface area contributed by atoms with Gasteiger partial charge >= 0.3 is 5.69 Å². The maximum absolute atomic E-state index is 13.1. The van der Waals surface area contributed by atoms with Crippen LogP contribution in [0.3, 0.4) is 0 Å². The Kier molecular flexibility index (Phi) is 2.81. The van der Waals surface area contributed by atoms with Crippen molar-refractivity contribution >= 4 is 11.8 Å². The lowest BCUT2D eigenvalue weighted by Gasteiger charge is -2.04. The first-order valence-electron chi connectivity index (χ1n) is 3.74. The highest BCUT2D eigenvalue weighted by Crippen LogP contribution is 2.28. The lowest BCUT2D eigenvalue weighted by molar-refractivity contribution is -0.387. The fourth-order valence-corrected chi connectivity index (χ4v) is 1.03. The third kappa shape index (κ3) is 1.71. The van der Waals surface area contributed by atoms with Crippen LogP contribution in [0.4, 0.5) is 10.1 Å². The van der Waals surface area contributed by atoms with Crippen LogP contribution in [0.15, 0.2) is 18.7 Å². The van der Waals surface area contributed by atoms with Gasteiger partial charge in [0.2, 0.25) is 5.82 Å². The zero-order valence-corrected chi connectivity index (χ0v) is 7.49. The molecule has 1 aromatic carbocycles. The molecule has 0 spiro atoms. The Labute approximate surface area is 79.8 Å². The Bertz CT molecular complexity index is 390. The van der Waals surface area contributed by atoms with E-state index < -0.39 is 16.4 Å². The van der Waals surface area contributed by atoms with E-state index in [0.717, 1.165) is 12.1 Å². The lowest BCUT2D eigenvalue weighted by atomic mass is 10.1. The SMILES string of the molecule is C=Cc1cc(F)c([N+](=O)[O-])cc1OC. The number of benzene rings is 1. The highest BCUT2D eigenvalue weighted by Gasteiger charge is 2.17. The molecule has 0 radical (unpaired) electrons. The monoisotopic (exact) mass is 197 g/mol. The molecule has 5 heteroatoms. The van der Waals surface area contributed by atoms with E-state index in [1.807, 2.05) is 0 Å². The number of methoxy groups -OCH3 is 1. The van der Waals surface area contributed by atoms with Crippen LogP contribution in [-0.4, -0.2) is 12.0 Å². The minimum Gasteiger partial charge on any atom is -0.496 e. The molecule has 0 fully saturated rings. The molecule has 0 aliphatic carbocycles. The number of hydrogen-bond acceptors (Lipinski definition) is 3. The Morgan fingerprint density at radius 3 is 2.71 bits per heavy atom. The van der Waals surface area contributed by atoms with Gasteiger partial charge in [-0.15, -0.1) is 0 Å². The average molecular weight is 197 g/mol. The predicted octanol–water partition coefficient (Wildman–Crippen LogP) is 2.39. The molecule has 0 aliphatic heterocycles. The fraction of sp³-hybridized carbons (Fsp3) is 0.111. The van der Waals surface area contributed by atoms with Crippen LogP contribution in [0.2, 0.25) is 0 Å². The van der Waals surface area contributed by atoms with Gasteiger partial charge in [0.05, 0.1) is 18.1 Å². The number of ether oxygens (including phenoxy) is 1. The first kappa shape index (κ1) is 10.2. The minimum absolute atomic E-state index is 0.230. The van der Waals surface area contributed by atoms with Gasteiger partial charge in [0.25, 0.3) is 0 Å². The van der Waals surface area contributed by atoms with Gasteiger partial charge in [-0.05, 0) is 6.07 Å². The maximum Gasteiger partial charge on any atom is 0.308 e. The van der Waals surface area contributed by atoms with E-state index in [-0.39, 0.29) is 5.75 Å². The van der Waals surface area contributed by atoms with Crippen molar-refractivity contribution in [1.29, 1.82) is 0 Å². The van der Waals surface area contributed by atoms with Crippen molar-refractivity contribution in [3.8, 4) is 5.75 Å². The summed E-state index contributed by atoms with van der Waals surface area (Å²) in [5.74, 6) is -0.668. The molecular formula is C9H8FNO3. The zero-order valence-electron chi connectivity index (χ0n) is 7.49. The maximum atomic E-state index is 13.1. The summed E-state index contributed by atoms with van der Waals surface area (Å²) in [6.45, 7) is 3.44. The number of nitrogens with zero attached hydrogens (tertiary/aromatic N) is 1. The number of halogens is 1. The van der Waals surface area contributed by atoms with Crippen LogP contribution >= 0.6 is 0 Å². The molecule has 0 saturated heterocycles. The fourth-order valence-electron chi connectivity index (χ4n) is 1.03. The molecule has 0 unspecified atom stereocenters. The second-order valence-corrected chi connectivity index (χ2v) is 2.51. The van der Waals surface area contributed by atoms with Gasteiger partial charge in [-0.25, -0.2) is 0 Å². The van der Waals surface area contributed by atoms with Gasteiger partial charge in [0, 0.05) is 5.56 Å². The van der Waals surface area contributed by atoms with E-state index in [0.29, 0.717) is 5.56 Å². The van der Waals surface area contributed by atoms with Crippen LogP contribution in [0.25, 0.3) is 6.08 Å². The van der Waals surface area contributed by atoms with Gasteiger partial charge in [-0.3, -0.25) is 10.1 Å². The van der Waals surface area contributed by atoms with Crippen LogP contribution in [0.1, 0.15) is 5.56 Å². The van der Waals surface area contributed by atoms with Crippen molar-refractivity contribution in [2.45, 2.75) is 0 Å². The summed E-state index contributed by atoms with van der Waals surface area (Å²) in [4.78, 5) is 9.57. The molecule has 0 atom stereocenters. The molecule has 0 heterocycles. The minimum atomic E-state index is -0.897. The van der Waals surface area contributed by atoms with Crippen molar-refractivity contribution in [1.82, 2.24) is 0 Å². The first-order valence-corrected chi connectivity index (χ1v) is 3.74. The van der Waals surface area contributed by atoms with Crippen LogP contribution < -0.4 is 4.74 Å². The molecule has 0 aliphatic rings. The normalized spacial score (nSPS) is 9.57. The van der Waals surface area contributed by atoms with E-state index >= 15 is 0 Å². The van der Waals surface area contributed by atoms with Crippen LogP contribution in [-0.2, 0) is 0 Å². The van der Waals surface area contributed by atoms with E-state index in [1.54, 1.807) is 0 Å². The molecule has 14 heavy (non-hydrogen) atoms. The lowest BCUT2D eigenvalue weighted by Crippen LogP contribution is -1.95. The summed E-state index contributed by atoms with van der Waals surface area (Å²) in [5, 5.41) is 10.4. The Morgan fingerprint density at radius 2 is 2.29 bits per heavy atom. The van der Waals surface area contributed by atoms with E-state index in [2.05, 4.69) is 6.58 Å². The molecule has 1 rings (SSSR count). The van der Waals surface area contributed by atoms with Crippen molar-refractivity contribution in [3.63, 3.8) is 0 Å². The molecule has 0 saturated carbocycles. The second kappa shape index (κ2) is 3.87. The summed E-state index contributed by atoms with van der Waals surface area (Å²) in [6.07, 6.45) is 1.37. The number of hydrogen-bond donors (Lipinski definition) is 0. The second-order valence-electron chi connectivity index (χ2n) is 2.51. The van der Waals surface area contributed by atoms with Crippen molar-refractivity contribution in [2.75, 3.05) is 7.11 Å². The molecule has 74 valence electrons. The van der Waals surface area contributed by atoms with Gasteiger partial charge in [0.15, 0.2) is 0 Å². The number of nitro benzene ring substituents is 1. The molecular weight excluding hydrogens is 189 g/mol. The highest BCUT2D eigenvalue weighted by molar-refractivity contribution is 5.59. The summed E-state index contributed by atoms with van der Waals surface area (Å²) < 4.78 is 17.9. The van der Waals surface area contributed by atoms with Gasteiger partial charge in [-0.2, -0.15) is 4.39 Å². The standard InChI is InChI=1S/C9H8FNO3/c1-3-6-4-7(10)8(11(12)13)5-9(6)14-2/h3-5H,1H2,2H3. The van der Waals surface area contributed by atoms with Gasteiger partial charge < -0.3 is 4.74 Å². The topological polar surface area (TPSA) is 52.4 Å². The third-order valence-corrected chi connectivity index (χ3v) is 1.72. The predicted molar refractivity (Wildman–Crippen MR) is 49.7 cm³/mol. The van der Waals surface area contributed by atoms with E-state index in [4.69, 9.17) is 4.74 Å². The first-order chi connectivity index (χ1) is 6.60. The smallest absolute Gasteiger partial charge is 0.308 e. The quantitative estimate of drug-likeness (QED) is 0.552. The molecule has 4 nitrogen and oxygen atoms in total. The number of rotatable bonds is 3. The molecule has 0 amide bonds. The Hall–Kier alpha value is -1.91. The molecule has 0 N–H and O–H groups in total. The number of nitro groups is 1. The summed E-state index contributed by atoms with van der Waals surface area (Å²) in [6, 6.07) is 2.05. The molecule has 1 aromatic rings.